The van der Waals surface area contributed by atoms with Crippen molar-refractivity contribution >= 4 is 34.7 Å². The summed E-state index contributed by atoms with van der Waals surface area (Å²) < 4.78 is 13.2. The first-order valence-corrected chi connectivity index (χ1v) is 9.94. The zero-order valence-corrected chi connectivity index (χ0v) is 16.5. The predicted molar refractivity (Wildman–Crippen MR) is 111 cm³/mol. The van der Waals surface area contributed by atoms with Gasteiger partial charge in [0.2, 0.25) is 5.91 Å². The van der Waals surface area contributed by atoms with E-state index in [-0.39, 0.29) is 29.2 Å². The van der Waals surface area contributed by atoms with Crippen LogP contribution in [0.25, 0.3) is 0 Å². The average molecular weight is 414 g/mol. The van der Waals surface area contributed by atoms with Crippen LogP contribution in [-0.2, 0) is 11.3 Å². The van der Waals surface area contributed by atoms with Gasteiger partial charge in [-0.2, -0.15) is 5.10 Å². The molecule has 1 atom stereocenters. The van der Waals surface area contributed by atoms with Crippen LogP contribution in [0.5, 0.6) is 0 Å². The minimum absolute atomic E-state index is 0.0343. The number of hydrogen-bond donors (Lipinski definition) is 0. The highest BCUT2D eigenvalue weighted by Gasteiger charge is 2.37. The van der Waals surface area contributed by atoms with Crippen molar-refractivity contribution in [1.29, 1.82) is 0 Å². The number of hydrogen-bond acceptors (Lipinski definition) is 6. The highest BCUT2D eigenvalue weighted by Crippen LogP contribution is 2.31. The Labute approximate surface area is 171 Å². The molecular weight excluding hydrogens is 395 g/mol. The van der Waals surface area contributed by atoms with Crippen molar-refractivity contribution in [3.63, 3.8) is 0 Å². The average Bonchev–Trinajstić information content (AvgIpc) is 2.99. The molecule has 1 aliphatic rings. The number of amides is 1. The van der Waals surface area contributed by atoms with Crippen LogP contribution < -0.4 is 0 Å². The minimum Gasteiger partial charge on any atom is -0.284 e. The van der Waals surface area contributed by atoms with Crippen LogP contribution in [0.4, 0.5) is 10.1 Å². The van der Waals surface area contributed by atoms with E-state index in [9.17, 15) is 19.3 Å². The van der Waals surface area contributed by atoms with Gasteiger partial charge in [0, 0.05) is 17.7 Å². The van der Waals surface area contributed by atoms with E-state index < -0.39 is 4.92 Å². The molecule has 9 heteroatoms. The lowest BCUT2D eigenvalue weighted by atomic mass is 10.2. The topological polar surface area (TPSA) is 88.2 Å². The van der Waals surface area contributed by atoms with E-state index in [4.69, 9.17) is 0 Å². The van der Waals surface area contributed by atoms with Crippen molar-refractivity contribution in [2.75, 3.05) is 0 Å². The molecule has 1 aliphatic heterocycles. The van der Waals surface area contributed by atoms with E-state index >= 15 is 0 Å². The fourth-order valence-corrected chi connectivity index (χ4v) is 4.03. The van der Waals surface area contributed by atoms with Crippen molar-refractivity contribution in [2.24, 2.45) is 10.2 Å². The quantitative estimate of drug-likeness (QED) is 0.382. The Morgan fingerprint density at radius 1 is 1.28 bits per heavy atom. The monoisotopic (exact) mass is 414 g/mol. The van der Waals surface area contributed by atoms with Gasteiger partial charge in [0.15, 0.2) is 5.17 Å². The number of nitro groups is 1. The van der Waals surface area contributed by atoms with Gasteiger partial charge in [0.25, 0.3) is 5.69 Å². The van der Waals surface area contributed by atoms with Crippen molar-refractivity contribution < 1.29 is 14.1 Å². The Balaban J connectivity index is 1.81. The third-order valence-corrected chi connectivity index (χ3v) is 5.49. The summed E-state index contributed by atoms with van der Waals surface area (Å²) in [5.41, 5.74) is 1.29. The van der Waals surface area contributed by atoms with Gasteiger partial charge in [-0.05, 0) is 24.1 Å². The molecule has 0 unspecified atom stereocenters. The number of amidine groups is 1. The number of non-ortho nitro benzene ring substituents is 1. The summed E-state index contributed by atoms with van der Waals surface area (Å²) in [5.74, 6) is -0.388. The van der Waals surface area contributed by atoms with Gasteiger partial charge < -0.3 is 0 Å². The largest absolute Gasteiger partial charge is 0.284 e. The summed E-state index contributed by atoms with van der Waals surface area (Å²) in [5, 5.41) is 19.3. The summed E-state index contributed by atoms with van der Waals surface area (Å²) >= 11 is 1.35. The summed E-state index contributed by atoms with van der Waals surface area (Å²) in [6.45, 7) is 2.28. The molecular formula is C20H19FN4O3S. The highest BCUT2D eigenvalue weighted by atomic mass is 32.2. The fourth-order valence-electron chi connectivity index (χ4n) is 2.81. The third-order valence-electron chi connectivity index (χ3n) is 4.26. The first-order valence-electron chi connectivity index (χ1n) is 9.06. The molecule has 0 aliphatic carbocycles. The summed E-state index contributed by atoms with van der Waals surface area (Å²) in [6.07, 6.45) is 2.99. The van der Waals surface area contributed by atoms with E-state index in [1.807, 2.05) is 6.92 Å². The van der Waals surface area contributed by atoms with E-state index in [0.717, 1.165) is 18.4 Å². The number of carbonyl (C=O) groups excluding carboxylic acids is 1. The van der Waals surface area contributed by atoms with Gasteiger partial charge in [-0.15, -0.1) is 5.10 Å². The highest BCUT2D eigenvalue weighted by molar-refractivity contribution is 8.15. The molecule has 1 heterocycles. The van der Waals surface area contributed by atoms with E-state index in [1.165, 1.54) is 42.2 Å². The lowest BCUT2D eigenvalue weighted by Gasteiger charge is -2.15. The molecule has 0 aromatic heterocycles. The molecule has 1 fully saturated rings. The zero-order chi connectivity index (χ0) is 20.8. The second-order valence-corrected chi connectivity index (χ2v) is 7.60. The van der Waals surface area contributed by atoms with Crippen LogP contribution >= 0.6 is 11.8 Å². The van der Waals surface area contributed by atoms with Crippen molar-refractivity contribution in [3.05, 3.63) is 75.6 Å². The maximum atomic E-state index is 13.2. The van der Waals surface area contributed by atoms with Crippen molar-refractivity contribution in [1.82, 2.24) is 4.90 Å². The molecule has 0 saturated carbocycles. The first-order chi connectivity index (χ1) is 14.0. The van der Waals surface area contributed by atoms with Gasteiger partial charge in [-0.25, -0.2) is 4.39 Å². The van der Waals surface area contributed by atoms with E-state index in [0.29, 0.717) is 10.7 Å². The second kappa shape index (κ2) is 9.42. The van der Waals surface area contributed by atoms with Crippen molar-refractivity contribution in [2.45, 2.75) is 31.6 Å². The standard InChI is InChI=1S/C20H19FN4O3S/c1-2-4-18-19(26)24(13-14-7-9-16(21)10-8-14)20(29-18)23-22-12-15-5-3-6-17(11-15)25(27)28/h3,5-12,18H,2,4,13H2,1H3/b22-12-,23-20+/t18-/m1/s1. The Kier molecular flexibility index (Phi) is 6.71. The number of thioether (sulfide) groups is 1. The summed E-state index contributed by atoms with van der Waals surface area (Å²) in [7, 11) is 0. The van der Waals surface area contributed by atoms with Crippen LogP contribution in [0, 0.1) is 15.9 Å². The molecule has 0 N–H and O–H groups in total. The molecule has 29 heavy (non-hydrogen) atoms. The smallest absolute Gasteiger partial charge is 0.270 e. The maximum absolute atomic E-state index is 13.2. The van der Waals surface area contributed by atoms with Gasteiger partial charge in [-0.3, -0.25) is 19.8 Å². The molecule has 1 amide bonds. The normalized spacial score (nSPS) is 18.1. The molecule has 0 radical (unpaired) electrons. The van der Waals surface area contributed by atoms with E-state index in [2.05, 4.69) is 10.2 Å². The fraction of sp³-hybridized carbons (Fsp3) is 0.250. The number of halogens is 1. The van der Waals surface area contributed by atoms with Crippen LogP contribution in [0.3, 0.4) is 0 Å². The number of nitro benzene ring substituents is 1. The number of benzene rings is 2. The molecule has 2 aromatic rings. The van der Waals surface area contributed by atoms with Crippen molar-refractivity contribution in [3.8, 4) is 0 Å². The lowest BCUT2D eigenvalue weighted by molar-refractivity contribution is -0.384. The predicted octanol–water partition coefficient (Wildman–Crippen LogP) is 4.37. The lowest BCUT2D eigenvalue weighted by Crippen LogP contribution is -2.31. The Bertz CT molecular complexity index is 962. The SMILES string of the molecule is CCC[C@H]1S/C(=N/N=C\c2cccc([N+](=O)[O-])c2)N(Cc2ccc(F)cc2)C1=O. The molecule has 0 bridgehead atoms. The second-order valence-electron chi connectivity index (χ2n) is 6.43. The summed E-state index contributed by atoms with van der Waals surface area (Å²) in [4.78, 5) is 24.7. The van der Waals surface area contributed by atoms with Crippen LogP contribution in [0.15, 0.2) is 58.7 Å². The van der Waals surface area contributed by atoms with Gasteiger partial charge in [-0.1, -0.05) is 49.4 Å². The molecule has 0 spiro atoms. The van der Waals surface area contributed by atoms with Crippen LogP contribution in [-0.4, -0.2) is 32.4 Å². The third kappa shape index (κ3) is 5.26. The van der Waals surface area contributed by atoms with Gasteiger partial charge >= 0.3 is 0 Å². The van der Waals surface area contributed by atoms with Crippen LogP contribution in [0.2, 0.25) is 0 Å². The Morgan fingerprint density at radius 2 is 2.03 bits per heavy atom. The van der Waals surface area contributed by atoms with Crippen LogP contribution in [0.1, 0.15) is 30.9 Å². The molecule has 7 nitrogen and oxygen atoms in total. The molecule has 3 rings (SSSR count). The molecule has 2 aromatic carbocycles. The van der Waals surface area contributed by atoms with Gasteiger partial charge in [0.05, 0.1) is 22.9 Å². The number of nitrogens with zero attached hydrogens (tertiary/aromatic N) is 4. The minimum atomic E-state index is -0.478. The Hall–Kier alpha value is -3.07. The van der Waals surface area contributed by atoms with E-state index in [1.54, 1.807) is 29.2 Å². The Morgan fingerprint density at radius 3 is 2.72 bits per heavy atom. The zero-order valence-electron chi connectivity index (χ0n) is 15.7. The molecule has 1 saturated heterocycles. The summed E-state index contributed by atoms with van der Waals surface area (Å²) in [6, 6.07) is 12.0. The molecule has 150 valence electrons. The van der Waals surface area contributed by atoms with Gasteiger partial charge in [0.1, 0.15) is 5.82 Å². The number of rotatable bonds is 7. The maximum Gasteiger partial charge on any atom is 0.270 e. The first kappa shape index (κ1) is 20.7. The number of carbonyl (C=O) groups is 1.